The van der Waals surface area contributed by atoms with E-state index in [2.05, 4.69) is 0 Å². The van der Waals surface area contributed by atoms with Gasteiger partial charge >= 0.3 is 0 Å². The Morgan fingerprint density at radius 2 is 1.79 bits per heavy atom. The van der Waals surface area contributed by atoms with Crippen LogP contribution in [-0.2, 0) is 0 Å². The van der Waals surface area contributed by atoms with E-state index in [-0.39, 0.29) is 15.1 Å². The van der Waals surface area contributed by atoms with Crippen molar-refractivity contribution in [1.29, 1.82) is 0 Å². The highest BCUT2D eigenvalue weighted by Crippen LogP contribution is 2.24. The summed E-state index contributed by atoms with van der Waals surface area (Å²) in [4.78, 5) is 0. The van der Waals surface area contributed by atoms with Gasteiger partial charge in [0.2, 0.25) is 0 Å². The van der Waals surface area contributed by atoms with Gasteiger partial charge in [0.15, 0.2) is 0 Å². The highest BCUT2D eigenvalue weighted by molar-refractivity contribution is 14.1. The molecule has 4 heteroatoms. The average molecular weight is 311 g/mol. The molecule has 1 aromatic carbocycles. The fourth-order valence-corrected chi connectivity index (χ4v) is 1.58. The maximum Gasteiger partial charge on any atom is 0.137 e. The molecule has 0 aliphatic rings. The van der Waals surface area contributed by atoms with Crippen molar-refractivity contribution in [3.8, 4) is 0 Å². The highest BCUT2D eigenvalue weighted by atomic mass is 127. The first-order valence-electron chi connectivity index (χ1n) is 4.33. The van der Waals surface area contributed by atoms with E-state index >= 15 is 0 Å². The minimum absolute atomic E-state index is 0.0870. The summed E-state index contributed by atoms with van der Waals surface area (Å²) in [6.07, 6.45) is 0. The molecule has 0 spiro atoms. The lowest BCUT2D eigenvalue weighted by atomic mass is 9.96. The fourth-order valence-electron chi connectivity index (χ4n) is 1.15. The molecular weight excluding hydrogens is 299 g/mol. The first kappa shape index (κ1) is 11.8. The van der Waals surface area contributed by atoms with Gasteiger partial charge in [0.1, 0.15) is 11.6 Å². The van der Waals surface area contributed by atoms with Crippen LogP contribution in [0, 0.1) is 21.1 Å². The van der Waals surface area contributed by atoms with Gasteiger partial charge in [-0.2, -0.15) is 0 Å². The Kier molecular flexibility index (Phi) is 3.83. The SMILES string of the molecule is CC(C)C(N)c1cc(F)c(I)cc1F. The Bertz CT molecular complexity index is 339. The van der Waals surface area contributed by atoms with Gasteiger partial charge in [-0.05, 0) is 40.6 Å². The normalized spacial score (nSPS) is 13.4. The van der Waals surface area contributed by atoms with Crippen LogP contribution in [0.4, 0.5) is 8.78 Å². The zero-order valence-electron chi connectivity index (χ0n) is 8.02. The van der Waals surface area contributed by atoms with Crippen molar-refractivity contribution in [2.24, 2.45) is 11.7 Å². The van der Waals surface area contributed by atoms with Crippen molar-refractivity contribution >= 4 is 22.6 Å². The summed E-state index contributed by atoms with van der Waals surface area (Å²) in [5.74, 6) is -0.765. The molecule has 0 heterocycles. The third-order valence-electron chi connectivity index (χ3n) is 2.12. The first-order valence-corrected chi connectivity index (χ1v) is 5.41. The predicted octanol–water partition coefficient (Wildman–Crippen LogP) is 3.23. The topological polar surface area (TPSA) is 26.0 Å². The van der Waals surface area contributed by atoms with E-state index in [0.29, 0.717) is 0 Å². The monoisotopic (exact) mass is 311 g/mol. The zero-order chi connectivity index (χ0) is 10.9. The van der Waals surface area contributed by atoms with E-state index in [4.69, 9.17) is 5.73 Å². The average Bonchev–Trinajstić information content (AvgIpc) is 2.10. The van der Waals surface area contributed by atoms with Crippen LogP contribution in [0.3, 0.4) is 0 Å². The molecule has 0 fully saturated rings. The van der Waals surface area contributed by atoms with Gasteiger partial charge in [-0.15, -0.1) is 0 Å². The maximum atomic E-state index is 13.4. The number of hydrogen-bond donors (Lipinski definition) is 1. The van der Waals surface area contributed by atoms with Gasteiger partial charge in [0.05, 0.1) is 3.57 Å². The Hall–Kier alpha value is -0.230. The van der Waals surface area contributed by atoms with Crippen molar-refractivity contribution in [2.75, 3.05) is 0 Å². The number of halogens is 3. The summed E-state index contributed by atoms with van der Waals surface area (Å²) in [6.45, 7) is 3.75. The molecule has 0 saturated carbocycles. The van der Waals surface area contributed by atoms with Gasteiger partial charge in [-0.25, -0.2) is 8.78 Å². The number of nitrogens with two attached hydrogens (primary N) is 1. The second kappa shape index (κ2) is 4.53. The molecule has 2 N–H and O–H groups in total. The standard InChI is InChI=1S/C10H12F2IN/c1-5(2)10(14)6-3-8(12)9(13)4-7(6)11/h3-5,10H,14H2,1-2H3. The molecule has 0 aromatic heterocycles. The first-order chi connectivity index (χ1) is 6.43. The minimum atomic E-state index is -0.457. The molecule has 1 atom stereocenters. The Labute approximate surface area is 95.8 Å². The lowest BCUT2D eigenvalue weighted by Gasteiger charge is -2.17. The Balaban J connectivity index is 3.15. The quantitative estimate of drug-likeness (QED) is 0.659. The van der Waals surface area contributed by atoms with Crippen LogP contribution in [0.25, 0.3) is 0 Å². The minimum Gasteiger partial charge on any atom is -0.324 e. The summed E-state index contributed by atoms with van der Waals surface area (Å²) in [7, 11) is 0. The third-order valence-corrected chi connectivity index (χ3v) is 2.94. The van der Waals surface area contributed by atoms with Crippen LogP contribution < -0.4 is 5.73 Å². The van der Waals surface area contributed by atoms with Crippen LogP contribution in [0.15, 0.2) is 12.1 Å². The molecule has 14 heavy (non-hydrogen) atoms. The summed E-state index contributed by atoms with van der Waals surface area (Å²) in [6, 6.07) is 1.90. The zero-order valence-corrected chi connectivity index (χ0v) is 10.2. The number of benzene rings is 1. The maximum absolute atomic E-state index is 13.4. The van der Waals surface area contributed by atoms with E-state index in [9.17, 15) is 8.78 Å². The summed E-state index contributed by atoms with van der Waals surface area (Å²) in [5, 5.41) is 0. The summed E-state index contributed by atoms with van der Waals surface area (Å²) < 4.78 is 26.8. The van der Waals surface area contributed by atoms with Gasteiger partial charge in [-0.3, -0.25) is 0 Å². The van der Waals surface area contributed by atoms with Crippen LogP contribution in [0.5, 0.6) is 0 Å². The van der Waals surface area contributed by atoms with Crippen LogP contribution in [0.1, 0.15) is 25.5 Å². The summed E-state index contributed by atoms with van der Waals surface area (Å²) in [5.41, 5.74) is 6.00. The molecule has 0 bridgehead atoms. The highest BCUT2D eigenvalue weighted by Gasteiger charge is 2.17. The molecule has 0 aliphatic carbocycles. The third kappa shape index (κ3) is 2.42. The molecule has 78 valence electrons. The largest absolute Gasteiger partial charge is 0.324 e. The molecule has 0 saturated heterocycles. The molecule has 1 nitrogen and oxygen atoms in total. The van der Waals surface area contributed by atoms with Gasteiger partial charge in [0, 0.05) is 11.6 Å². The Morgan fingerprint density at radius 1 is 1.21 bits per heavy atom. The molecule has 1 unspecified atom stereocenters. The van der Waals surface area contributed by atoms with Gasteiger partial charge in [-0.1, -0.05) is 13.8 Å². The molecule has 0 amide bonds. The van der Waals surface area contributed by atoms with Crippen molar-refractivity contribution < 1.29 is 8.78 Å². The number of hydrogen-bond acceptors (Lipinski definition) is 1. The van der Waals surface area contributed by atoms with Crippen molar-refractivity contribution in [1.82, 2.24) is 0 Å². The molecular formula is C10H12F2IN. The van der Waals surface area contributed by atoms with Gasteiger partial charge < -0.3 is 5.73 Å². The van der Waals surface area contributed by atoms with E-state index < -0.39 is 17.7 Å². The molecule has 0 radical (unpaired) electrons. The smallest absolute Gasteiger partial charge is 0.137 e. The fraction of sp³-hybridized carbons (Fsp3) is 0.400. The van der Waals surface area contributed by atoms with Crippen LogP contribution >= 0.6 is 22.6 Å². The van der Waals surface area contributed by atoms with E-state index in [1.807, 2.05) is 13.8 Å². The lowest BCUT2D eigenvalue weighted by molar-refractivity contribution is 0.478. The predicted molar refractivity (Wildman–Crippen MR) is 60.8 cm³/mol. The second-order valence-corrected chi connectivity index (χ2v) is 4.72. The van der Waals surface area contributed by atoms with E-state index in [1.165, 1.54) is 12.1 Å². The van der Waals surface area contributed by atoms with Crippen LogP contribution in [-0.4, -0.2) is 0 Å². The lowest BCUT2D eigenvalue weighted by Crippen LogP contribution is -2.18. The van der Waals surface area contributed by atoms with Crippen molar-refractivity contribution in [2.45, 2.75) is 19.9 Å². The van der Waals surface area contributed by atoms with Crippen LogP contribution in [0.2, 0.25) is 0 Å². The van der Waals surface area contributed by atoms with Crippen molar-refractivity contribution in [3.63, 3.8) is 0 Å². The number of rotatable bonds is 2. The molecule has 1 aromatic rings. The molecule has 1 rings (SSSR count). The van der Waals surface area contributed by atoms with E-state index in [1.54, 1.807) is 22.6 Å². The molecule has 0 aliphatic heterocycles. The van der Waals surface area contributed by atoms with Gasteiger partial charge in [0.25, 0.3) is 0 Å². The van der Waals surface area contributed by atoms with Crippen molar-refractivity contribution in [3.05, 3.63) is 32.9 Å². The second-order valence-electron chi connectivity index (χ2n) is 3.56. The summed E-state index contributed by atoms with van der Waals surface area (Å²) >= 11 is 1.75. The van der Waals surface area contributed by atoms with E-state index in [0.717, 1.165) is 0 Å². The Morgan fingerprint density at radius 3 is 2.29 bits per heavy atom.